The van der Waals surface area contributed by atoms with Crippen LogP contribution in [-0.4, -0.2) is 30.2 Å². The summed E-state index contributed by atoms with van der Waals surface area (Å²) in [7, 11) is 1.63. The van der Waals surface area contributed by atoms with Gasteiger partial charge in [-0.3, -0.25) is 0 Å². The molecule has 0 spiro atoms. The number of ether oxygens (including phenoxy) is 2. The summed E-state index contributed by atoms with van der Waals surface area (Å²) in [6.07, 6.45) is 7.06. The first-order valence-electron chi connectivity index (χ1n) is 7.70. The van der Waals surface area contributed by atoms with E-state index in [0.29, 0.717) is 23.2 Å². The minimum atomic E-state index is 0.391. The average Bonchev–Trinajstić information content (AvgIpc) is 2.85. The van der Waals surface area contributed by atoms with Gasteiger partial charge in [-0.05, 0) is 31.5 Å². The largest absolute Gasteiger partial charge is 0.493 e. The van der Waals surface area contributed by atoms with Gasteiger partial charge in [0.1, 0.15) is 5.82 Å². The van der Waals surface area contributed by atoms with Crippen molar-refractivity contribution >= 4 is 0 Å². The lowest BCUT2D eigenvalue weighted by atomic mass is 10.0. The predicted molar refractivity (Wildman–Crippen MR) is 84.6 cm³/mol. The quantitative estimate of drug-likeness (QED) is 0.940. The zero-order valence-corrected chi connectivity index (χ0v) is 12.8. The Bertz CT molecular complexity index is 593. The Morgan fingerprint density at radius 3 is 2.64 bits per heavy atom. The van der Waals surface area contributed by atoms with Crippen LogP contribution in [0.15, 0.2) is 36.7 Å². The van der Waals surface area contributed by atoms with E-state index in [-0.39, 0.29) is 0 Å². The topological polar surface area (TPSA) is 56.3 Å². The number of hydrogen-bond donors (Lipinski definition) is 1. The molecule has 1 fully saturated rings. The van der Waals surface area contributed by atoms with Gasteiger partial charge in [0.15, 0.2) is 17.2 Å². The minimum absolute atomic E-state index is 0.391. The van der Waals surface area contributed by atoms with E-state index in [0.717, 1.165) is 25.3 Å². The van der Waals surface area contributed by atoms with Crippen LogP contribution in [0.25, 0.3) is 0 Å². The number of rotatable bonds is 4. The third-order valence-electron chi connectivity index (χ3n) is 3.86. The van der Waals surface area contributed by atoms with Crippen molar-refractivity contribution in [3.05, 3.63) is 42.5 Å². The van der Waals surface area contributed by atoms with Crippen LogP contribution < -0.4 is 14.8 Å². The van der Waals surface area contributed by atoms with E-state index in [9.17, 15) is 0 Å². The standard InChI is InChI=1S/C17H21N3O2/c1-21-15-7-2-3-8-16(15)22-14-11-19-17(20-12-14)13-6-4-5-9-18-10-13/h2-3,7-8,11-13,18H,4-6,9-10H2,1H3. The van der Waals surface area contributed by atoms with Crippen LogP contribution in [0.3, 0.4) is 0 Å². The van der Waals surface area contributed by atoms with E-state index >= 15 is 0 Å². The van der Waals surface area contributed by atoms with Crippen molar-refractivity contribution in [2.75, 3.05) is 20.2 Å². The molecule has 0 radical (unpaired) electrons. The number of nitrogens with one attached hydrogen (secondary N) is 1. The average molecular weight is 299 g/mol. The molecule has 1 aliphatic heterocycles. The maximum Gasteiger partial charge on any atom is 0.169 e. The van der Waals surface area contributed by atoms with Gasteiger partial charge in [0, 0.05) is 12.5 Å². The molecule has 1 aromatic heterocycles. The minimum Gasteiger partial charge on any atom is -0.493 e. The molecule has 5 heteroatoms. The molecule has 22 heavy (non-hydrogen) atoms. The Labute approximate surface area is 130 Å². The summed E-state index contributed by atoms with van der Waals surface area (Å²) in [5.41, 5.74) is 0. The highest BCUT2D eigenvalue weighted by molar-refractivity contribution is 5.41. The summed E-state index contributed by atoms with van der Waals surface area (Å²) < 4.78 is 11.1. The molecule has 3 rings (SSSR count). The number of aromatic nitrogens is 2. The lowest BCUT2D eigenvalue weighted by Gasteiger charge is -2.13. The molecule has 0 amide bonds. The summed E-state index contributed by atoms with van der Waals surface area (Å²) in [6, 6.07) is 7.54. The monoisotopic (exact) mass is 299 g/mol. The van der Waals surface area contributed by atoms with Crippen molar-refractivity contribution in [2.24, 2.45) is 0 Å². The molecular formula is C17H21N3O2. The smallest absolute Gasteiger partial charge is 0.169 e. The zero-order valence-electron chi connectivity index (χ0n) is 12.8. The van der Waals surface area contributed by atoms with E-state index in [1.807, 2.05) is 24.3 Å². The van der Waals surface area contributed by atoms with Crippen molar-refractivity contribution < 1.29 is 9.47 Å². The fourth-order valence-electron chi connectivity index (χ4n) is 2.66. The van der Waals surface area contributed by atoms with Gasteiger partial charge in [-0.2, -0.15) is 0 Å². The molecule has 2 aromatic rings. The summed E-state index contributed by atoms with van der Waals surface area (Å²) in [5.74, 6) is 3.26. The Morgan fingerprint density at radius 2 is 1.86 bits per heavy atom. The van der Waals surface area contributed by atoms with E-state index in [1.165, 1.54) is 12.8 Å². The van der Waals surface area contributed by atoms with E-state index in [1.54, 1.807) is 19.5 Å². The zero-order chi connectivity index (χ0) is 15.2. The van der Waals surface area contributed by atoms with Gasteiger partial charge in [0.05, 0.1) is 19.5 Å². The number of methoxy groups -OCH3 is 1. The Morgan fingerprint density at radius 1 is 1.09 bits per heavy atom. The van der Waals surface area contributed by atoms with Gasteiger partial charge in [-0.1, -0.05) is 18.6 Å². The second-order valence-corrected chi connectivity index (χ2v) is 5.43. The molecule has 0 aliphatic carbocycles. The summed E-state index contributed by atoms with van der Waals surface area (Å²) >= 11 is 0. The maximum atomic E-state index is 5.80. The lowest BCUT2D eigenvalue weighted by molar-refractivity contribution is 0.377. The van der Waals surface area contributed by atoms with Crippen LogP contribution in [0.2, 0.25) is 0 Å². The van der Waals surface area contributed by atoms with Crippen LogP contribution in [-0.2, 0) is 0 Å². The van der Waals surface area contributed by atoms with Crippen LogP contribution in [0.5, 0.6) is 17.2 Å². The number of hydrogen-bond acceptors (Lipinski definition) is 5. The second-order valence-electron chi connectivity index (χ2n) is 5.43. The fourth-order valence-corrected chi connectivity index (χ4v) is 2.66. The Kier molecular flexibility index (Phi) is 4.85. The number of benzene rings is 1. The Hall–Kier alpha value is -2.14. The third-order valence-corrected chi connectivity index (χ3v) is 3.86. The predicted octanol–water partition coefficient (Wildman–Crippen LogP) is 3.13. The van der Waals surface area contributed by atoms with Crippen molar-refractivity contribution in [3.8, 4) is 17.2 Å². The van der Waals surface area contributed by atoms with Crippen LogP contribution >= 0.6 is 0 Å². The van der Waals surface area contributed by atoms with Crippen LogP contribution in [0.1, 0.15) is 31.0 Å². The number of nitrogens with zero attached hydrogens (tertiary/aromatic N) is 2. The number of para-hydroxylation sites is 2. The molecule has 1 saturated heterocycles. The molecule has 1 N–H and O–H groups in total. The molecule has 2 heterocycles. The Balaban J connectivity index is 1.71. The molecular weight excluding hydrogens is 278 g/mol. The molecule has 1 aromatic carbocycles. The molecule has 0 saturated carbocycles. The third kappa shape index (κ3) is 3.54. The van der Waals surface area contributed by atoms with Gasteiger partial charge in [-0.15, -0.1) is 0 Å². The highest BCUT2D eigenvalue weighted by Gasteiger charge is 2.16. The van der Waals surface area contributed by atoms with Gasteiger partial charge < -0.3 is 14.8 Å². The van der Waals surface area contributed by atoms with Crippen LogP contribution in [0, 0.1) is 0 Å². The fraction of sp³-hybridized carbons (Fsp3) is 0.412. The van der Waals surface area contributed by atoms with Crippen molar-refractivity contribution in [1.82, 2.24) is 15.3 Å². The summed E-state index contributed by atoms with van der Waals surface area (Å²) in [4.78, 5) is 8.96. The normalized spacial score (nSPS) is 18.5. The first-order valence-corrected chi connectivity index (χ1v) is 7.70. The van der Waals surface area contributed by atoms with E-state index < -0.39 is 0 Å². The first kappa shape index (κ1) is 14.8. The molecule has 0 bridgehead atoms. The highest BCUT2D eigenvalue weighted by atomic mass is 16.5. The molecule has 1 aliphatic rings. The molecule has 5 nitrogen and oxygen atoms in total. The van der Waals surface area contributed by atoms with Crippen molar-refractivity contribution in [2.45, 2.75) is 25.2 Å². The van der Waals surface area contributed by atoms with Gasteiger partial charge in [0.2, 0.25) is 0 Å². The molecule has 1 atom stereocenters. The lowest BCUT2D eigenvalue weighted by Crippen LogP contribution is -2.20. The van der Waals surface area contributed by atoms with Gasteiger partial charge in [0.25, 0.3) is 0 Å². The first-order chi connectivity index (χ1) is 10.9. The van der Waals surface area contributed by atoms with Gasteiger partial charge in [-0.25, -0.2) is 9.97 Å². The summed E-state index contributed by atoms with van der Waals surface area (Å²) in [6.45, 7) is 2.04. The maximum absolute atomic E-state index is 5.80. The van der Waals surface area contributed by atoms with Crippen molar-refractivity contribution in [3.63, 3.8) is 0 Å². The van der Waals surface area contributed by atoms with Crippen molar-refractivity contribution in [1.29, 1.82) is 0 Å². The molecule has 116 valence electrons. The molecule has 1 unspecified atom stereocenters. The summed E-state index contributed by atoms with van der Waals surface area (Å²) in [5, 5.41) is 3.44. The SMILES string of the molecule is COc1ccccc1Oc1cnc(C2CCCCNC2)nc1. The van der Waals surface area contributed by atoms with Gasteiger partial charge >= 0.3 is 0 Å². The second kappa shape index (κ2) is 7.22. The highest BCUT2D eigenvalue weighted by Crippen LogP contribution is 2.30. The van der Waals surface area contributed by atoms with Crippen LogP contribution in [0.4, 0.5) is 0 Å². The van der Waals surface area contributed by atoms with E-state index in [2.05, 4.69) is 15.3 Å². The van der Waals surface area contributed by atoms with E-state index in [4.69, 9.17) is 9.47 Å².